The van der Waals surface area contributed by atoms with Gasteiger partial charge in [-0.2, -0.15) is 0 Å². The summed E-state index contributed by atoms with van der Waals surface area (Å²) in [5.41, 5.74) is 4.50. The molecule has 0 fully saturated rings. The molecule has 0 bridgehead atoms. The van der Waals surface area contributed by atoms with Gasteiger partial charge in [0.05, 0.1) is 0 Å². The molecule has 2 aromatic heterocycles. The van der Waals surface area contributed by atoms with Crippen molar-refractivity contribution in [3.63, 3.8) is 0 Å². The Balaban J connectivity index is 0.000000192. The average Bonchev–Trinajstić information content (AvgIpc) is 2.94. The molecule has 0 unspecified atom stereocenters. The fraction of sp³-hybridized carbons (Fsp3) is 0.118. The van der Waals surface area contributed by atoms with Crippen LogP contribution < -0.4 is 10.2 Å². The second-order valence-corrected chi connectivity index (χ2v) is 9.89. The Labute approximate surface area is 260 Å². The third kappa shape index (κ3) is 8.07. The van der Waals surface area contributed by atoms with Crippen LogP contribution in [0.2, 0.25) is 0 Å². The van der Waals surface area contributed by atoms with Crippen LogP contribution in [0.4, 0.5) is 11.9 Å². The van der Waals surface area contributed by atoms with Gasteiger partial charge in [-0.05, 0) is 84.6 Å². The number of nitrogens with zero attached hydrogens (tertiary/aromatic N) is 6. The predicted molar refractivity (Wildman–Crippen MR) is 164 cm³/mol. The van der Waals surface area contributed by atoms with Crippen molar-refractivity contribution in [2.45, 2.75) is 27.7 Å². The van der Waals surface area contributed by atoms with Crippen LogP contribution in [0, 0.1) is 27.7 Å². The second-order valence-electron chi connectivity index (χ2n) is 9.89. The summed E-state index contributed by atoms with van der Waals surface area (Å²) in [5, 5.41) is 28.0. The van der Waals surface area contributed by atoms with Crippen molar-refractivity contribution in [2.24, 2.45) is 9.98 Å². The molecule has 0 saturated heterocycles. The Kier molecular flexibility index (Phi) is 9.93. The first-order valence-corrected chi connectivity index (χ1v) is 13.4. The Bertz CT molecular complexity index is 1790. The molecule has 43 heavy (non-hydrogen) atoms. The molecule has 6 rings (SSSR count). The summed E-state index contributed by atoms with van der Waals surface area (Å²) < 4.78 is 0. The zero-order valence-corrected chi connectivity index (χ0v) is 25.0. The standard InChI is InChI=1S/2C17H15N3O.Cu/c2*1-11-7-12(2)20-17(19-11)18-10-15-8-13-5-3-4-6-14(13)9-16(15)21;/h2*3-10,21H,1-2H3;/q;;+2/p-2/b2*18-10+;. The number of hydrogen-bond donors (Lipinski definition) is 0. The van der Waals surface area contributed by atoms with Crippen LogP contribution in [0.5, 0.6) is 11.5 Å². The fourth-order valence-electron chi connectivity index (χ4n) is 4.46. The van der Waals surface area contributed by atoms with Gasteiger partial charge in [-0.25, -0.2) is 29.9 Å². The molecule has 0 amide bonds. The van der Waals surface area contributed by atoms with Crippen LogP contribution >= 0.6 is 0 Å². The van der Waals surface area contributed by atoms with E-state index in [2.05, 4.69) is 29.9 Å². The number of benzene rings is 4. The van der Waals surface area contributed by atoms with Crippen LogP contribution in [0.3, 0.4) is 0 Å². The number of aromatic nitrogens is 4. The maximum atomic E-state index is 12.1. The Hall–Kier alpha value is -4.98. The summed E-state index contributed by atoms with van der Waals surface area (Å²) in [7, 11) is 0. The Morgan fingerprint density at radius 1 is 0.488 bits per heavy atom. The topological polar surface area (TPSA) is 122 Å². The van der Waals surface area contributed by atoms with E-state index in [0.29, 0.717) is 23.0 Å². The van der Waals surface area contributed by atoms with E-state index in [1.807, 2.05) is 100 Å². The molecule has 8 nitrogen and oxygen atoms in total. The summed E-state index contributed by atoms with van der Waals surface area (Å²) >= 11 is 0. The Morgan fingerprint density at radius 3 is 1.12 bits per heavy atom. The molecule has 9 heteroatoms. The summed E-state index contributed by atoms with van der Waals surface area (Å²) in [6.07, 6.45) is 3.06. The molecule has 0 saturated carbocycles. The van der Waals surface area contributed by atoms with E-state index in [-0.39, 0.29) is 28.6 Å². The number of aryl methyl sites for hydroxylation is 4. The van der Waals surface area contributed by atoms with E-state index in [9.17, 15) is 10.2 Å². The third-order valence-electron chi connectivity index (χ3n) is 6.34. The van der Waals surface area contributed by atoms with Crippen LogP contribution in [-0.4, -0.2) is 32.4 Å². The van der Waals surface area contributed by atoms with Crippen LogP contribution in [0.25, 0.3) is 21.5 Å². The predicted octanol–water partition coefficient (Wildman–Crippen LogP) is 6.14. The minimum absolute atomic E-state index is 0. The van der Waals surface area contributed by atoms with Crippen molar-refractivity contribution in [3.05, 3.63) is 119 Å². The van der Waals surface area contributed by atoms with Crippen LogP contribution in [0.15, 0.2) is 94.9 Å². The van der Waals surface area contributed by atoms with Gasteiger partial charge in [-0.15, -0.1) is 0 Å². The number of fused-ring (bicyclic) bond motifs is 2. The SMILES string of the molecule is Cc1cc(C)nc(/N=C/c2cc3ccccc3cc2[O-])n1.Cc1cc(C)nc(/N=C/c2cc3ccccc3cc2[O-])n1.[Cu+2]. The molecule has 1 radical (unpaired) electrons. The maximum absolute atomic E-state index is 12.1. The molecule has 0 aliphatic carbocycles. The van der Waals surface area contributed by atoms with Gasteiger partial charge >= 0.3 is 17.1 Å². The van der Waals surface area contributed by atoms with Gasteiger partial charge in [-0.3, -0.25) is 0 Å². The quantitative estimate of drug-likeness (QED) is 0.173. The molecular weight excluding hydrogens is 588 g/mol. The first kappa shape index (κ1) is 31.0. The van der Waals surface area contributed by atoms with Gasteiger partial charge in [0.25, 0.3) is 0 Å². The van der Waals surface area contributed by atoms with E-state index in [4.69, 9.17) is 0 Å². The maximum Gasteiger partial charge on any atom is 2.00 e. The number of hydrogen-bond acceptors (Lipinski definition) is 8. The Morgan fingerprint density at radius 2 is 0.791 bits per heavy atom. The van der Waals surface area contributed by atoms with Gasteiger partial charge in [-0.1, -0.05) is 72.2 Å². The zero-order chi connectivity index (χ0) is 29.6. The normalized spacial score (nSPS) is 11.1. The van der Waals surface area contributed by atoms with Crippen molar-refractivity contribution < 1.29 is 27.3 Å². The smallest absolute Gasteiger partial charge is 0.872 e. The van der Waals surface area contributed by atoms with Gasteiger partial charge < -0.3 is 10.2 Å². The number of rotatable bonds is 4. The number of aliphatic imine (C=N–C) groups is 2. The first-order chi connectivity index (χ1) is 20.2. The molecule has 0 N–H and O–H groups in total. The van der Waals surface area contributed by atoms with E-state index < -0.39 is 0 Å². The first-order valence-electron chi connectivity index (χ1n) is 13.4. The molecule has 0 spiro atoms. The van der Waals surface area contributed by atoms with E-state index in [1.165, 1.54) is 12.4 Å². The average molecular weight is 616 g/mol. The fourth-order valence-corrected chi connectivity index (χ4v) is 4.46. The zero-order valence-electron chi connectivity index (χ0n) is 24.0. The largest absolute Gasteiger partial charge is 2.00 e. The summed E-state index contributed by atoms with van der Waals surface area (Å²) in [5.74, 6) is 0.642. The van der Waals surface area contributed by atoms with E-state index in [0.717, 1.165) is 44.3 Å². The molecule has 4 aromatic carbocycles. The monoisotopic (exact) mass is 615 g/mol. The minimum atomic E-state index is -0.0539. The summed E-state index contributed by atoms with van der Waals surface area (Å²) in [4.78, 5) is 25.4. The molecule has 0 aliphatic heterocycles. The molecule has 0 atom stereocenters. The van der Waals surface area contributed by atoms with Crippen molar-refractivity contribution in [3.8, 4) is 11.5 Å². The van der Waals surface area contributed by atoms with Crippen LogP contribution in [0.1, 0.15) is 33.9 Å². The molecule has 2 heterocycles. The van der Waals surface area contributed by atoms with Crippen molar-refractivity contribution in [1.29, 1.82) is 0 Å². The molecule has 217 valence electrons. The minimum Gasteiger partial charge on any atom is -0.872 e. The third-order valence-corrected chi connectivity index (χ3v) is 6.34. The van der Waals surface area contributed by atoms with Crippen molar-refractivity contribution in [1.82, 2.24) is 19.9 Å². The second kappa shape index (κ2) is 13.8. The van der Waals surface area contributed by atoms with E-state index >= 15 is 0 Å². The van der Waals surface area contributed by atoms with Gasteiger partial charge in [0.2, 0.25) is 11.9 Å². The molecule has 6 aromatic rings. The van der Waals surface area contributed by atoms with Crippen molar-refractivity contribution in [2.75, 3.05) is 0 Å². The van der Waals surface area contributed by atoms with Crippen molar-refractivity contribution >= 4 is 45.9 Å². The van der Waals surface area contributed by atoms with E-state index in [1.54, 1.807) is 12.1 Å². The van der Waals surface area contributed by atoms with Gasteiger partial charge in [0.15, 0.2) is 0 Å². The van der Waals surface area contributed by atoms with Gasteiger partial charge in [0, 0.05) is 35.2 Å². The molecular formula is C34H28CuN6O2. The molecule has 0 aliphatic rings. The summed E-state index contributed by atoms with van der Waals surface area (Å²) in [6, 6.07) is 26.2. The summed E-state index contributed by atoms with van der Waals surface area (Å²) in [6.45, 7) is 7.57. The van der Waals surface area contributed by atoms with Gasteiger partial charge in [0.1, 0.15) is 0 Å². The van der Waals surface area contributed by atoms with Crippen LogP contribution in [-0.2, 0) is 17.1 Å².